The summed E-state index contributed by atoms with van der Waals surface area (Å²) in [5, 5.41) is 19.4. The Kier molecular flexibility index (Phi) is 5.26. The molecule has 0 spiro atoms. The fourth-order valence-electron chi connectivity index (χ4n) is 1.78. The summed E-state index contributed by atoms with van der Waals surface area (Å²) in [6.07, 6.45) is 4.50. The molecule has 2 aromatic rings. The summed E-state index contributed by atoms with van der Waals surface area (Å²) in [4.78, 5) is 22.8. The molecule has 0 bridgehead atoms. The molecule has 2 N–H and O–H groups in total. The Hall–Kier alpha value is -2.68. The highest BCUT2D eigenvalue weighted by Crippen LogP contribution is 2.09. The first kappa shape index (κ1) is 15.7. The Morgan fingerprint density at radius 1 is 1.41 bits per heavy atom. The van der Waals surface area contributed by atoms with E-state index in [4.69, 9.17) is 9.84 Å². The standard InChI is InChI=1S/C13H17N5O4/c1-2-22-9-17-8-10(7-15-17)16-13(21)11-3-5-14-18(11)6-4-12(19)20/h3,5,7-8H,2,4,6,9H2,1H3,(H,16,21)(H,19,20). The van der Waals surface area contributed by atoms with Gasteiger partial charge in [-0.1, -0.05) is 0 Å². The zero-order valence-electron chi connectivity index (χ0n) is 12.1. The molecule has 0 unspecified atom stereocenters. The van der Waals surface area contributed by atoms with Crippen LogP contribution < -0.4 is 5.32 Å². The average Bonchev–Trinajstić information content (AvgIpc) is 3.11. The molecule has 2 heterocycles. The van der Waals surface area contributed by atoms with Gasteiger partial charge in [0.1, 0.15) is 12.4 Å². The number of aryl methyl sites for hydroxylation is 1. The number of ether oxygens (including phenoxy) is 1. The second-order valence-corrected chi connectivity index (χ2v) is 4.43. The third kappa shape index (κ3) is 4.16. The molecule has 0 aromatic carbocycles. The van der Waals surface area contributed by atoms with Crippen LogP contribution in [0.15, 0.2) is 24.7 Å². The first-order valence-corrected chi connectivity index (χ1v) is 6.75. The second-order valence-electron chi connectivity index (χ2n) is 4.43. The number of hydrogen-bond acceptors (Lipinski definition) is 5. The van der Waals surface area contributed by atoms with Crippen LogP contribution in [0.3, 0.4) is 0 Å². The van der Waals surface area contributed by atoms with E-state index >= 15 is 0 Å². The van der Waals surface area contributed by atoms with Crippen molar-refractivity contribution >= 4 is 17.6 Å². The molecular formula is C13H17N5O4. The summed E-state index contributed by atoms with van der Waals surface area (Å²) in [7, 11) is 0. The van der Waals surface area contributed by atoms with Crippen molar-refractivity contribution in [3.63, 3.8) is 0 Å². The van der Waals surface area contributed by atoms with Crippen LogP contribution in [0.25, 0.3) is 0 Å². The van der Waals surface area contributed by atoms with Crippen molar-refractivity contribution < 1.29 is 19.4 Å². The Balaban J connectivity index is 1.98. The zero-order chi connectivity index (χ0) is 15.9. The first-order valence-electron chi connectivity index (χ1n) is 6.75. The third-order valence-corrected chi connectivity index (χ3v) is 2.81. The van der Waals surface area contributed by atoms with Crippen molar-refractivity contribution in [2.24, 2.45) is 0 Å². The monoisotopic (exact) mass is 307 g/mol. The van der Waals surface area contributed by atoms with Crippen molar-refractivity contribution in [2.45, 2.75) is 26.6 Å². The molecule has 0 aliphatic heterocycles. The zero-order valence-corrected chi connectivity index (χ0v) is 12.1. The summed E-state index contributed by atoms with van der Waals surface area (Å²) >= 11 is 0. The maximum Gasteiger partial charge on any atom is 0.305 e. The maximum absolute atomic E-state index is 12.2. The number of carbonyl (C=O) groups excluding carboxylic acids is 1. The molecule has 0 fully saturated rings. The van der Waals surface area contributed by atoms with Crippen LogP contribution in [0, 0.1) is 0 Å². The number of rotatable bonds is 8. The molecule has 0 aliphatic rings. The highest BCUT2D eigenvalue weighted by molar-refractivity contribution is 6.02. The van der Waals surface area contributed by atoms with Crippen LogP contribution in [0.1, 0.15) is 23.8 Å². The number of nitrogens with one attached hydrogen (secondary N) is 1. The van der Waals surface area contributed by atoms with E-state index in [2.05, 4.69) is 15.5 Å². The lowest BCUT2D eigenvalue weighted by atomic mass is 10.3. The number of aliphatic carboxylic acids is 1. The van der Waals surface area contributed by atoms with Gasteiger partial charge in [0.05, 0.1) is 31.0 Å². The highest BCUT2D eigenvalue weighted by atomic mass is 16.5. The average molecular weight is 307 g/mol. The Morgan fingerprint density at radius 2 is 2.23 bits per heavy atom. The van der Waals surface area contributed by atoms with Crippen molar-refractivity contribution in [3.8, 4) is 0 Å². The van der Waals surface area contributed by atoms with Crippen LogP contribution in [0.4, 0.5) is 5.69 Å². The summed E-state index contributed by atoms with van der Waals surface area (Å²) in [5.41, 5.74) is 0.814. The van der Waals surface area contributed by atoms with E-state index in [1.54, 1.807) is 10.9 Å². The van der Waals surface area contributed by atoms with E-state index in [9.17, 15) is 9.59 Å². The van der Waals surface area contributed by atoms with Gasteiger partial charge in [0, 0.05) is 12.8 Å². The lowest BCUT2D eigenvalue weighted by Gasteiger charge is -2.06. The Bertz CT molecular complexity index is 648. The van der Waals surface area contributed by atoms with E-state index in [1.165, 1.54) is 23.1 Å². The SMILES string of the molecule is CCOCn1cc(NC(=O)c2ccnn2CCC(=O)O)cn1. The van der Waals surface area contributed by atoms with Crippen LogP contribution in [0.2, 0.25) is 0 Å². The van der Waals surface area contributed by atoms with Crippen LogP contribution in [-0.2, 0) is 22.8 Å². The Morgan fingerprint density at radius 3 is 2.95 bits per heavy atom. The summed E-state index contributed by atoms with van der Waals surface area (Å²) in [6, 6.07) is 1.53. The van der Waals surface area contributed by atoms with Gasteiger partial charge < -0.3 is 15.2 Å². The predicted molar refractivity (Wildman–Crippen MR) is 76.3 cm³/mol. The number of carboxylic acids is 1. The lowest BCUT2D eigenvalue weighted by Crippen LogP contribution is -2.18. The van der Waals surface area contributed by atoms with Gasteiger partial charge in [-0.15, -0.1) is 0 Å². The molecular weight excluding hydrogens is 290 g/mol. The normalized spacial score (nSPS) is 10.6. The van der Waals surface area contributed by atoms with Gasteiger partial charge in [-0.25, -0.2) is 4.68 Å². The van der Waals surface area contributed by atoms with Crippen molar-refractivity contribution in [3.05, 3.63) is 30.4 Å². The minimum Gasteiger partial charge on any atom is -0.481 e. The minimum absolute atomic E-state index is 0.103. The van der Waals surface area contributed by atoms with E-state index in [0.717, 1.165) is 0 Å². The molecule has 0 atom stereocenters. The van der Waals surface area contributed by atoms with Gasteiger partial charge in [-0.3, -0.25) is 14.3 Å². The summed E-state index contributed by atoms with van der Waals surface area (Å²) in [6.45, 7) is 2.90. The molecule has 22 heavy (non-hydrogen) atoms. The number of carbonyl (C=O) groups is 2. The quantitative estimate of drug-likeness (QED) is 0.746. The number of carboxylic acid groups (broad SMARTS) is 1. The van der Waals surface area contributed by atoms with Gasteiger partial charge in [-0.2, -0.15) is 10.2 Å². The number of nitrogens with zero attached hydrogens (tertiary/aromatic N) is 4. The summed E-state index contributed by atoms with van der Waals surface area (Å²) in [5.74, 6) is -1.32. The Labute approximate surface area is 126 Å². The molecule has 9 heteroatoms. The van der Waals surface area contributed by atoms with Crippen molar-refractivity contribution in [1.82, 2.24) is 19.6 Å². The molecule has 0 radical (unpaired) electrons. The predicted octanol–water partition coefficient (Wildman–Crippen LogP) is 0.801. The van der Waals surface area contributed by atoms with Crippen molar-refractivity contribution in [1.29, 1.82) is 0 Å². The molecule has 118 valence electrons. The largest absolute Gasteiger partial charge is 0.481 e. The van der Waals surface area contributed by atoms with Crippen LogP contribution in [0.5, 0.6) is 0 Å². The molecule has 0 aliphatic carbocycles. The van der Waals surface area contributed by atoms with E-state index in [1.807, 2.05) is 6.92 Å². The molecule has 1 amide bonds. The number of hydrogen-bond donors (Lipinski definition) is 2. The second kappa shape index (κ2) is 7.36. The smallest absolute Gasteiger partial charge is 0.305 e. The molecule has 2 aromatic heterocycles. The van der Waals surface area contributed by atoms with E-state index in [-0.39, 0.29) is 18.9 Å². The fraction of sp³-hybridized carbons (Fsp3) is 0.385. The fourth-order valence-corrected chi connectivity index (χ4v) is 1.78. The molecule has 9 nitrogen and oxygen atoms in total. The lowest BCUT2D eigenvalue weighted by molar-refractivity contribution is -0.137. The van der Waals surface area contributed by atoms with E-state index in [0.29, 0.717) is 24.7 Å². The van der Waals surface area contributed by atoms with E-state index < -0.39 is 5.97 Å². The number of aromatic nitrogens is 4. The van der Waals surface area contributed by atoms with Gasteiger partial charge in [0.2, 0.25) is 0 Å². The topological polar surface area (TPSA) is 111 Å². The molecule has 2 rings (SSSR count). The van der Waals surface area contributed by atoms with Crippen LogP contribution in [-0.4, -0.2) is 43.2 Å². The minimum atomic E-state index is -0.945. The van der Waals surface area contributed by atoms with Crippen LogP contribution >= 0.6 is 0 Å². The van der Waals surface area contributed by atoms with Gasteiger partial charge in [0.25, 0.3) is 5.91 Å². The van der Waals surface area contributed by atoms with Gasteiger partial charge in [-0.05, 0) is 13.0 Å². The van der Waals surface area contributed by atoms with Gasteiger partial charge in [0.15, 0.2) is 0 Å². The van der Waals surface area contributed by atoms with Crippen molar-refractivity contribution in [2.75, 3.05) is 11.9 Å². The summed E-state index contributed by atoms with van der Waals surface area (Å²) < 4.78 is 8.11. The third-order valence-electron chi connectivity index (χ3n) is 2.81. The number of anilines is 1. The highest BCUT2D eigenvalue weighted by Gasteiger charge is 2.13. The number of amides is 1. The maximum atomic E-state index is 12.2. The molecule has 0 saturated carbocycles. The first-order chi connectivity index (χ1) is 10.6. The van der Waals surface area contributed by atoms with Gasteiger partial charge >= 0.3 is 5.97 Å². The molecule has 0 saturated heterocycles.